The van der Waals surface area contributed by atoms with E-state index in [1.165, 1.54) is 41.7 Å². The summed E-state index contributed by atoms with van der Waals surface area (Å²) < 4.78 is 47.7. The lowest BCUT2D eigenvalue weighted by Crippen LogP contribution is -2.72. The molecule has 0 unspecified atom stereocenters. The molecule has 0 radical (unpaired) electrons. The first-order valence-corrected chi connectivity index (χ1v) is 10.3. The van der Waals surface area contributed by atoms with Crippen molar-refractivity contribution in [2.24, 2.45) is 5.92 Å². The summed E-state index contributed by atoms with van der Waals surface area (Å²) in [5.74, 6) is -3.27. The Bertz CT molecular complexity index is 1210. The Balaban J connectivity index is 1.82. The molecule has 11 heteroatoms. The van der Waals surface area contributed by atoms with Crippen molar-refractivity contribution in [3.05, 3.63) is 82.0 Å². The summed E-state index contributed by atoms with van der Waals surface area (Å²) >= 11 is 12.0. The van der Waals surface area contributed by atoms with Crippen LogP contribution in [0.5, 0.6) is 0 Å². The Labute approximate surface area is 195 Å². The summed E-state index contributed by atoms with van der Waals surface area (Å²) in [6.07, 6.45) is -5.38. The van der Waals surface area contributed by atoms with Gasteiger partial charge in [0.1, 0.15) is 23.5 Å². The van der Waals surface area contributed by atoms with Crippen molar-refractivity contribution in [1.29, 1.82) is 0 Å². The molecule has 2 amide bonds. The number of hydrogen-bond acceptors (Lipinski definition) is 4. The molecule has 0 bridgehead atoms. The average molecular weight is 499 g/mol. The van der Waals surface area contributed by atoms with Gasteiger partial charge in [-0.3, -0.25) is 4.79 Å². The lowest BCUT2D eigenvalue weighted by atomic mass is 9.79. The highest BCUT2D eigenvalue weighted by molar-refractivity contribution is 6.33. The van der Waals surface area contributed by atoms with Crippen LogP contribution in [0.3, 0.4) is 0 Å². The van der Waals surface area contributed by atoms with Gasteiger partial charge in [0.2, 0.25) is 5.72 Å². The van der Waals surface area contributed by atoms with Gasteiger partial charge in [-0.25, -0.2) is 4.79 Å². The molecule has 33 heavy (non-hydrogen) atoms. The summed E-state index contributed by atoms with van der Waals surface area (Å²) in [6, 6.07) is 11.5. The molecule has 3 N–H and O–H groups in total. The fraction of sp³-hybridized carbons (Fsp3) is 0.182. The molecule has 3 atom stereocenters. The van der Waals surface area contributed by atoms with E-state index in [4.69, 9.17) is 27.6 Å². The van der Waals surface area contributed by atoms with Crippen LogP contribution in [0.2, 0.25) is 10.0 Å². The van der Waals surface area contributed by atoms with Crippen molar-refractivity contribution in [1.82, 2.24) is 10.6 Å². The number of rotatable bonds is 4. The zero-order chi connectivity index (χ0) is 24.0. The van der Waals surface area contributed by atoms with Gasteiger partial charge in [-0.05, 0) is 48.5 Å². The number of ketones is 1. The molecule has 1 aliphatic heterocycles. The molecule has 1 aliphatic rings. The van der Waals surface area contributed by atoms with E-state index in [2.05, 4.69) is 5.32 Å². The Morgan fingerprint density at radius 1 is 1.03 bits per heavy atom. The monoisotopic (exact) mass is 498 g/mol. The molecule has 172 valence electrons. The van der Waals surface area contributed by atoms with Crippen LogP contribution >= 0.6 is 23.2 Å². The molecule has 4 rings (SSSR count). The van der Waals surface area contributed by atoms with E-state index in [1.807, 2.05) is 0 Å². The first-order valence-electron chi connectivity index (χ1n) is 9.53. The highest BCUT2D eigenvalue weighted by Gasteiger charge is 2.66. The summed E-state index contributed by atoms with van der Waals surface area (Å²) in [7, 11) is 0. The van der Waals surface area contributed by atoms with Crippen molar-refractivity contribution in [3.63, 3.8) is 0 Å². The average Bonchev–Trinajstić information content (AvgIpc) is 3.23. The number of Topliss-reactive ketones (excluding diaryl/α,β-unsaturated/α-hetero) is 1. The second-order valence-corrected chi connectivity index (χ2v) is 8.21. The normalized spacial score (nSPS) is 23.0. The number of halogens is 5. The number of carbonyl (C=O) groups excluding carboxylic acids is 2. The maximum absolute atomic E-state index is 14.0. The second kappa shape index (κ2) is 8.40. The molecule has 1 aromatic heterocycles. The maximum atomic E-state index is 14.0. The van der Waals surface area contributed by atoms with Crippen LogP contribution in [-0.4, -0.2) is 28.8 Å². The van der Waals surface area contributed by atoms with Crippen molar-refractivity contribution < 1.29 is 32.3 Å². The molecule has 0 saturated carbocycles. The summed E-state index contributed by atoms with van der Waals surface area (Å²) in [6.45, 7) is 0. The minimum absolute atomic E-state index is 0.145. The molecule has 0 spiro atoms. The smallest absolute Gasteiger partial charge is 0.437 e. The first-order chi connectivity index (χ1) is 15.5. The van der Waals surface area contributed by atoms with Crippen molar-refractivity contribution in [3.8, 4) is 11.3 Å². The third kappa shape index (κ3) is 4.19. The molecule has 1 fully saturated rings. The largest absolute Gasteiger partial charge is 0.459 e. The number of aliphatic hydroxyl groups is 1. The van der Waals surface area contributed by atoms with Crippen LogP contribution in [0.1, 0.15) is 22.2 Å². The van der Waals surface area contributed by atoms with E-state index >= 15 is 0 Å². The fourth-order valence-corrected chi connectivity index (χ4v) is 4.05. The van der Waals surface area contributed by atoms with Crippen LogP contribution in [0.4, 0.5) is 18.0 Å². The van der Waals surface area contributed by atoms with Crippen molar-refractivity contribution >= 4 is 35.0 Å². The molecule has 2 heterocycles. The number of urea groups is 1. The quantitative estimate of drug-likeness (QED) is 0.422. The van der Waals surface area contributed by atoms with Gasteiger partial charge >= 0.3 is 12.2 Å². The number of hydrogen-bond donors (Lipinski definition) is 3. The van der Waals surface area contributed by atoms with Gasteiger partial charge in [0.05, 0.1) is 5.02 Å². The van der Waals surface area contributed by atoms with Crippen LogP contribution in [0, 0.1) is 5.92 Å². The predicted molar refractivity (Wildman–Crippen MR) is 114 cm³/mol. The molecule has 6 nitrogen and oxygen atoms in total. The second-order valence-electron chi connectivity index (χ2n) is 7.37. The summed E-state index contributed by atoms with van der Waals surface area (Å²) in [4.78, 5) is 25.4. The van der Waals surface area contributed by atoms with E-state index in [0.717, 1.165) is 0 Å². The molecule has 3 aromatic rings. The highest BCUT2D eigenvalue weighted by Crippen LogP contribution is 2.45. The minimum atomic E-state index is -5.38. The lowest BCUT2D eigenvalue weighted by Gasteiger charge is -2.44. The SMILES string of the molecule is O=C1N[C@H](c2ccc(-c3ccccc3Cl)o2)[C@H](C(=O)c2ccc(Cl)cc2)[C@@](O)(C(F)(F)F)N1. The third-order valence-corrected chi connectivity index (χ3v) is 5.87. The lowest BCUT2D eigenvalue weighted by molar-refractivity contribution is -0.288. The first kappa shape index (κ1) is 23.2. The zero-order valence-electron chi connectivity index (χ0n) is 16.5. The van der Waals surface area contributed by atoms with Gasteiger partial charge in [0.15, 0.2) is 5.78 Å². The Hall–Kier alpha value is -3.01. The number of benzene rings is 2. The number of furan rings is 1. The van der Waals surface area contributed by atoms with E-state index < -0.39 is 35.7 Å². The van der Waals surface area contributed by atoms with Gasteiger partial charge in [-0.1, -0.05) is 35.3 Å². The van der Waals surface area contributed by atoms with Crippen LogP contribution in [-0.2, 0) is 0 Å². The van der Waals surface area contributed by atoms with Crippen LogP contribution in [0.25, 0.3) is 11.3 Å². The number of nitrogens with one attached hydrogen (secondary N) is 2. The molecular formula is C22H15Cl2F3N2O4. The van der Waals surface area contributed by atoms with Crippen LogP contribution < -0.4 is 10.6 Å². The van der Waals surface area contributed by atoms with Gasteiger partial charge in [-0.2, -0.15) is 13.2 Å². The number of alkyl halides is 3. The fourth-order valence-electron chi connectivity index (χ4n) is 3.70. The highest BCUT2D eigenvalue weighted by atomic mass is 35.5. The molecule has 1 saturated heterocycles. The third-order valence-electron chi connectivity index (χ3n) is 5.29. The summed E-state index contributed by atoms with van der Waals surface area (Å²) in [5, 5.41) is 14.9. The topological polar surface area (TPSA) is 91.6 Å². The summed E-state index contributed by atoms with van der Waals surface area (Å²) in [5.41, 5.74) is -3.56. The number of amides is 2. The van der Waals surface area contributed by atoms with Crippen molar-refractivity contribution in [2.75, 3.05) is 0 Å². The van der Waals surface area contributed by atoms with E-state index in [0.29, 0.717) is 10.6 Å². The van der Waals surface area contributed by atoms with Crippen molar-refractivity contribution in [2.45, 2.75) is 17.9 Å². The zero-order valence-corrected chi connectivity index (χ0v) is 18.0. The van der Waals surface area contributed by atoms with E-state index in [1.54, 1.807) is 24.3 Å². The molecule has 2 aromatic carbocycles. The van der Waals surface area contributed by atoms with E-state index in [9.17, 15) is 27.9 Å². The van der Waals surface area contributed by atoms with Gasteiger partial charge in [-0.15, -0.1) is 0 Å². The van der Waals surface area contributed by atoms with E-state index in [-0.39, 0.29) is 22.1 Å². The standard InChI is InChI=1S/C22H15Cl2F3N2O4/c23-12-7-5-11(6-8-12)19(30)17-18(28-20(31)29-21(17,32)22(25,26)27)16-10-9-15(33-16)13-3-1-2-4-14(13)24/h1-10,17-18,32H,(H2,28,29,31)/t17-,18-,21-/m1/s1. The van der Waals surface area contributed by atoms with Gasteiger partial charge in [0, 0.05) is 16.1 Å². The Morgan fingerprint density at radius 2 is 1.70 bits per heavy atom. The Kier molecular flexibility index (Phi) is 5.90. The van der Waals surface area contributed by atoms with Crippen LogP contribution in [0.15, 0.2) is 65.1 Å². The Morgan fingerprint density at radius 3 is 2.33 bits per heavy atom. The maximum Gasteiger partial charge on any atom is 0.437 e. The minimum Gasteiger partial charge on any atom is -0.459 e. The molecular weight excluding hydrogens is 484 g/mol. The predicted octanol–water partition coefficient (Wildman–Crippen LogP) is 5.36. The van der Waals surface area contributed by atoms with Gasteiger partial charge in [0.25, 0.3) is 0 Å². The molecule has 0 aliphatic carbocycles. The number of carbonyl (C=O) groups is 2. The van der Waals surface area contributed by atoms with Gasteiger partial charge < -0.3 is 20.2 Å².